The fourth-order valence-electron chi connectivity index (χ4n) is 4.35. The summed E-state index contributed by atoms with van der Waals surface area (Å²) in [6.07, 6.45) is 0.594. The number of benzene rings is 4. The Labute approximate surface area is 231 Å². The van der Waals surface area contributed by atoms with Crippen molar-refractivity contribution < 1.29 is 22.7 Å². The summed E-state index contributed by atoms with van der Waals surface area (Å²) >= 11 is 0. The largest absolute Gasteiger partial charge is 0.497 e. The van der Waals surface area contributed by atoms with Gasteiger partial charge in [-0.15, -0.1) is 0 Å². The topological polar surface area (TPSA) is 147 Å². The van der Waals surface area contributed by atoms with Crippen molar-refractivity contribution in [2.24, 2.45) is 5.14 Å². The van der Waals surface area contributed by atoms with E-state index in [0.29, 0.717) is 45.1 Å². The molecule has 9 nitrogen and oxygen atoms in total. The first kappa shape index (κ1) is 26.7. The van der Waals surface area contributed by atoms with Crippen LogP contribution >= 0.6 is 0 Å². The minimum atomic E-state index is -3.91. The maximum atomic E-state index is 13.6. The molecule has 0 fully saturated rings. The lowest BCUT2D eigenvalue weighted by atomic mass is 10.0. The van der Waals surface area contributed by atoms with Crippen molar-refractivity contribution in [1.29, 1.82) is 0 Å². The van der Waals surface area contributed by atoms with Gasteiger partial charge in [0, 0.05) is 28.4 Å². The molecule has 1 unspecified atom stereocenters. The number of primary sulfonamides is 1. The lowest BCUT2D eigenvalue weighted by Crippen LogP contribution is -2.25. The fraction of sp³-hybridized carbons (Fsp3) is 0.0667. The SMILES string of the molecule is COc1cccc(C(Oc2ccc3ccnc(N)c3c2)C(=O)Nc2ccc(-c3ccccc3S(N)(=O)=O)cc2)c1. The van der Waals surface area contributed by atoms with Crippen LogP contribution in [0.3, 0.4) is 0 Å². The summed E-state index contributed by atoms with van der Waals surface area (Å²) in [5.41, 5.74) is 8.21. The highest BCUT2D eigenvalue weighted by Crippen LogP contribution is 2.31. The summed E-state index contributed by atoms with van der Waals surface area (Å²) < 4.78 is 35.6. The summed E-state index contributed by atoms with van der Waals surface area (Å²) in [6, 6.07) is 27.5. The Kier molecular flexibility index (Phi) is 7.37. The Bertz CT molecular complexity index is 1810. The number of sulfonamides is 1. The van der Waals surface area contributed by atoms with Crippen LogP contribution in [0.5, 0.6) is 11.5 Å². The van der Waals surface area contributed by atoms with Crippen molar-refractivity contribution in [3.05, 3.63) is 109 Å². The zero-order chi connectivity index (χ0) is 28.3. The number of pyridine rings is 1. The van der Waals surface area contributed by atoms with Crippen LogP contribution in [-0.4, -0.2) is 26.4 Å². The van der Waals surface area contributed by atoms with Gasteiger partial charge in [0.15, 0.2) is 0 Å². The third kappa shape index (κ3) is 5.73. The van der Waals surface area contributed by atoms with Gasteiger partial charge in [0.05, 0.1) is 12.0 Å². The van der Waals surface area contributed by atoms with E-state index in [1.807, 2.05) is 12.1 Å². The molecular formula is C30H26N4O5S. The Hall–Kier alpha value is -4.93. The number of methoxy groups -OCH3 is 1. The zero-order valence-corrected chi connectivity index (χ0v) is 22.3. The monoisotopic (exact) mass is 554 g/mol. The van der Waals surface area contributed by atoms with Gasteiger partial charge in [-0.2, -0.15) is 0 Å². The predicted octanol–water partition coefficient (Wildman–Crippen LogP) is 4.90. The first-order valence-corrected chi connectivity index (χ1v) is 13.8. The standard InChI is InChI=1S/C30H26N4O5S/c1-38-23-6-4-5-21(17-23)28(39-24-14-11-20-15-16-33-29(31)26(20)18-24)30(35)34-22-12-9-19(10-13-22)25-7-2-3-8-27(25)40(32,36)37/h2-18,28H,1H3,(H2,31,33)(H,34,35)(H2,32,36,37). The van der Waals surface area contributed by atoms with Gasteiger partial charge >= 0.3 is 0 Å². The lowest BCUT2D eigenvalue weighted by molar-refractivity contribution is -0.123. The van der Waals surface area contributed by atoms with E-state index >= 15 is 0 Å². The average Bonchev–Trinajstić information content (AvgIpc) is 2.96. The summed E-state index contributed by atoms with van der Waals surface area (Å²) in [5, 5.41) is 9.87. The van der Waals surface area contributed by atoms with E-state index < -0.39 is 22.0 Å². The maximum absolute atomic E-state index is 13.6. The highest BCUT2D eigenvalue weighted by Gasteiger charge is 2.24. The van der Waals surface area contributed by atoms with Gasteiger partial charge in [0.2, 0.25) is 16.1 Å². The first-order valence-electron chi connectivity index (χ1n) is 12.2. The Balaban J connectivity index is 1.44. The number of rotatable bonds is 8. The molecule has 1 aromatic heterocycles. The molecule has 0 spiro atoms. The molecule has 1 heterocycles. The molecule has 0 bridgehead atoms. The summed E-state index contributed by atoms with van der Waals surface area (Å²) in [4.78, 5) is 17.7. The number of hydrogen-bond donors (Lipinski definition) is 3. The molecule has 0 radical (unpaired) electrons. The van der Waals surface area contributed by atoms with Crippen LogP contribution in [-0.2, 0) is 14.8 Å². The van der Waals surface area contributed by atoms with Crippen LogP contribution in [0.1, 0.15) is 11.7 Å². The molecule has 0 saturated heterocycles. The third-order valence-electron chi connectivity index (χ3n) is 6.31. The highest BCUT2D eigenvalue weighted by atomic mass is 32.2. The molecule has 40 heavy (non-hydrogen) atoms. The molecule has 4 aromatic carbocycles. The van der Waals surface area contributed by atoms with E-state index in [1.165, 1.54) is 6.07 Å². The van der Waals surface area contributed by atoms with Gasteiger partial charge in [-0.05, 0) is 59.5 Å². The number of nitrogens with zero attached hydrogens (tertiary/aromatic N) is 1. The minimum Gasteiger partial charge on any atom is -0.497 e. The number of fused-ring (bicyclic) bond motifs is 1. The molecule has 0 saturated carbocycles. The molecule has 5 aromatic rings. The third-order valence-corrected chi connectivity index (χ3v) is 7.28. The smallest absolute Gasteiger partial charge is 0.270 e. The number of amides is 1. The molecule has 5 N–H and O–H groups in total. The zero-order valence-electron chi connectivity index (χ0n) is 21.4. The highest BCUT2D eigenvalue weighted by molar-refractivity contribution is 7.89. The number of carbonyl (C=O) groups excluding carboxylic acids is 1. The first-order chi connectivity index (χ1) is 19.2. The molecule has 202 valence electrons. The normalized spacial score (nSPS) is 12.1. The summed E-state index contributed by atoms with van der Waals surface area (Å²) in [7, 11) is -2.37. The second-order valence-corrected chi connectivity index (χ2v) is 10.5. The van der Waals surface area contributed by atoms with Crippen LogP contribution in [0, 0.1) is 0 Å². The molecule has 1 atom stereocenters. The number of carbonyl (C=O) groups is 1. The Morgan fingerprint density at radius 1 is 0.900 bits per heavy atom. The van der Waals surface area contributed by atoms with E-state index in [2.05, 4.69) is 10.3 Å². The summed E-state index contributed by atoms with van der Waals surface area (Å²) in [5.74, 6) is 0.938. The summed E-state index contributed by atoms with van der Waals surface area (Å²) in [6.45, 7) is 0. The van der Waals surface area contributed by atoms with Crippen molar-refractivity contribution >= 4 is 38.2 Å². The van der Waals surface area contributed by atoms with E-state index in [4.69, 9.17) is 20.3 Å². The van der Waals surface area contributed by atoms with Gasteiger partial charge in [0.25, 0.3) is 5.91 Å². The Morgan fingerprint density at radius 2 is 1.68 bits per heavy atom. The van der Waals surface area contributed by atoms with Crippen LogP contribution < -0.4 is 25.7 Å². The van der Waals surface area contributed by atoms with Crippen molar-refractivity contribution in [3.63, 3.8) is 0 Å². The van der Waals surface area contributed by atoms with Crippen molar-refractivity contribution in [2.75, 3.05) is 18.2 Å². The van der Waals surface area contributed by atoms with Crippen molar-refractivity contribution in [3.8, 4) is 22.6 Å². The maximum Gasteiger partial charge on any atom is 0.270 e. The quantitative estimate of drug-likeness (QED) is 0.247. The van der Waals surface area contributed by atoms with Crippen LogP contribution in [0.2, 0.25) is 0 Å². The van der Waals surface area contributed by atoms with Gasteiger partial charge in [-0.3, -0.25) is 4.79 Å². The van der Waals surface area contributed by atoms with Crippen molar-refractivity contribution in [1.82, 2.24) is 4.98 Å². The average molecular weight is 555 g/mol. The number of ether oxygens (including phenoxy) is 2. The second kappa shape index (κ2) is 11.0. The van der Waals surface area contributed by atoms with Gasteiger partial charge < -0.3 is 20.5 Å². The fourth-order valence-corrected chi connectivity index (χ4v) is 5.11. The van der Waals surface area contributed by atoms with E-state index in [-0.39, 0.29) is 4.90 Å². The number of hydrogen-bond acceptors (Lipinski definition) is 7. The minimum absolute atomic E-state index is 0.0181. The molecule has 1 amide bonds. The molecular weight excluding hydrogens is 528 g/mol. The Morgan fingerprint density at radius 3 is 2.42 bits per heavy atom. The van der Waals surface area contributed by atoms with E-state index in [1.54, 1.807) is 92.2 Å². The van der Waals surface area contributed by atoms with E-state index in [9.17, 15) is 13.2 Å². The molecule has 0 aliphatic carbocycles. The molecule has 5 rings (SSSR count). The molecule has 0 aliphatic rings. The van der Waals surface area contributed by atoms with Gasteiger partial charge in [-0.1, -0.05) is 48.5 Å². The van der Waals surface area contributed by atoms with Gasteiger partial charge in [-0.25, -0.2) is 18.5 Å². The van der Waals surface area contributed by atoms with Crippen LogP contribution in [0.15, 0.2) is 108 Å². The number of anilines is 2. The molecule has 10 heteroatoms. The number of nitrogen functional groups attached to an aromatic ring is 1. The van der Waals surface area contributed by atoms with Crippen LogP contribution in [0.4, 0.5) is 11.5 Å². The predicted molar refractivity (Wildman–Crippen MR) is 154 cm³/mol. The number of aromatic nitrogens is 1. The number of nitrogens with one attached hydrogen (secondary N) is 1. The van der Waals surface area contributed by atoms with Gasteiger partial charge in [0.1, 0.15) is 17.3 Å². The van der Waals surface area contributed by atoms with E-state index in [0.717, 1.165) is 5.39 Å². The van der Waals surface area contributed by atoms with Crippen LogP contribution in [0.25, 0.3) is 21.9 Å². The molecule has 0 aliphatic heterocycles. The second-order valence-electron chi connectivity index (χ2n) is 8.96. The lowest BCUT2D eigenvalue weighted by Gasteiger charge is -2.20. The van der Waals surface area contributed by atoms with Crippen molar-refractivity contribution in [2.45, 2.75) is 11.0 Å². The number of nitrogens with two attached hydrogens (primary N) is 2.